The van der Waals surface area contributed by atoms with Gasteiger partial charge < -0.3 is 10.4 Å². The van der Waals surface area contributed by atoms with Crippen LogP contribution in [0.25, 0.3) is 11.3 Å². The summed E-state index contributed by atoms with van der Waals surface area (Å²) in [7, 11) is 0. The van der Waals surface area contributed by atoms with Crippen LogP contribution >= 0.6 is 34.5 Å². The molecule has 2 aromatic rings. The van der Waals surface area contributed by atoms with Crippen LogP contribution in [0.15, 0.2) is 35.7 Å². The first-order valence-corrected chi connectivity index (χ1v) is 9.70. The molecule has 1 aromatic carbocycles. The SMILES string of the molecule is O=C(Nc1nc(-c2ccc(Cl)cc2Cl)cs1)[C@@H]1[C@@H](C(=O)O)[C@H]2C=C[C@@H]1C2. The van der Waals surface area contributed by atoms with Crippen molar-refractivity contribution in [2.75, 3.05) is 5.32 Å². The molecule has 0 spiro atoms. The number of hydrogen-bond acceptors (Lipinski definition) is 4. The smallest absolute Gasteiger partial charge is 0.307 e. The lowest BCUT2D eigenvalue weighted by Crippen LogP contribution is -2.36. The first-order chi connectivity index (χ1) is 12.4. The maximum Gasteiger partial charge on any atom is 0.307 e. The van der Waals surface area contributed by atoms with Gasteiger partial charge >= 0.3 is 5.97 Å². The van der Waals surface area contributed by atoms with Crippen molar-refractivity contribution in [3.8, 4) is 11.3 Å². The second kappa shape index (κ2) is 6.68. The molecule has 0 aliphatic heterocycles. The Morgan fingerprint density at radius 2 is 1.92 bits per heavy atom. The molecule has 1 fully saturated rings. The lowest BCUT2D eigenvalue weighted by atomic mass is 9.82. The summed E-state index contributed by atoms with van der Waals surface area (Å²) in [5.41, 5.74) is 1.36. The number of hydrogen-bond donors (Lipinski definition) is 2. The summed E-state index contributed by atoms with van der Waals surface area (Å²) >= 11 is 13.4. The van der Waals surface area contributed by atoms with Gasteiger partial charge in [-0.25, -0.2) is 4.98 Å². The van der Waals surface area contributed by atoms with Crippen molar-refractivity contribution in [3.63, 3.8) is 0 Å². The summed E-state index contributed by atoms with van der Waals surface area (Å²) in [5.74, 6) is -2.53. The van der Waals surface area contributed by atoms with Crippen LogP contribution in [-0.2, 0) is 9.59 Å². The minimum atomic E-state index is -0.922. The normalized spacial score (nSPS) is 26.2. The van der Waals surface area contributed by atoms with Crippen LogP contribution in [0.1, 0.15) is 6.42 Å². The van der Waals surface area contributed by atoms with Crippen molar-refractivity contribution in [1.82, 2.24) is 4.98 Å². The van der Waals surface area contributed by atoms with E-state index in [1.165, 1.54) is 11.3 Å². The molecule has 4 rings (SSSR count). The van der Waals surface area contributed by atoms with Crippen LogP contribution in [0.4, 0.5) is 5.13 Å². The van der Waals surface area contributed by atoms with Gasteiger partial charge in [0.2, 0.25) is 5.91 Å². The van der Waals surface area contributed by atoms with Crippen LogP contribution in [-0.4, -0.2) is 22.0 Å². The minimum absolute atomic E-state index is 0.0220. The highest BCUT2D eigenvalue weighted by Gasteiger charge is 2.51. The number of halogens is 2. The summed E-state index contributed by atoms with van der Waals surface area (Å²) < 4.78 is 0. The third-order valence-corrected chi connectivity index (χ3v) is 6.29. The quantitative estimate of drug-likeness (QED) is 0.725. The van der Waals surface area contributed by atoms with E-state index in [4.69, 9.17) is 23.2 Å². The molecule has 0 radical (unpaired) electrons. The Hall–Kier alpha value is -1.89. The van der Waals surface area contributed by atoms with Crippen molar-refractivity contribution >= 4 is 51.5 Å². The highest BCUT2D eigenvalue weighted by Crippen LogP contribution is 2.48. The third kappa shape index (κ3) is 3.02. The van der Waals surface area contributed by atoms with Gasteiger partial charge in [-0.15, -0.1) is 11.3 Å². The van der Waals surface area contributed by atoms with E-state index >= 15 is 0 Å². The van der Waals surface area contributed by atoms with Gasteiger partial charge in [-0.05, 0) is 36.5 Å². The number of thiazole rings is 1. The monoisotopic (exact) mass is 408 g/mol. The highest BCUT2D eigenvalue weighted by molar-refractivity contribution is 7.14. The zero-order chi connectivity index (χ0) is 18.4. The van der Waals surface area contributed by atoms with Crippen LogP contribution in [0, 0.1) is 23.7 Å². The molecule has 2 N–H and O–H groups in total. The Labute approximate surface area is 163 Å². The lowest BCUT2D eigenvalue weighted by molar-refractivity contribution is -0.146. The Morgan fingerprint density at radius 3 is 2.62 bits per heavy atom. The van der Waals surface area contributed by atoms with E-state index in [0.717, 1.165) is 12.0 Å². The zero-order valence-electron chi connectivity index (χ0n) is 13.4. The van der Waals surface area contributed by atoms with Gasteiger partial charge in [0.25, 0.3) is 0 Å². The zero-order valence-corrected chi connectivity index (χ0v) is 15.7. The van der Waals surface area contributed by atoms with Crippen LogP contribution in [0.5, 0.6) is 0 Å². The molecule has 2 bridgehead atoms. The number of rotatable bonds is 4. The second-order valence-corrected chi connectivity index (χ2v) is 8.19. The van der Waals surface area contributed by atoms with Gasteiger partial charge in [-0.3, -0.25) is 9.59 Å². The van der Waals surface area contributed by atoms with Gasteiger partial charge in [0.15, 0.2) is 5.13 Å². The number of fused-ring (bicyclic) bond motifs is 2. The van der Waals surface area contributed by atoms with Crippen molar-refractivity contribution in [1.29, 1.82) is 0 Å². The molecule has 2 aliphatic rings. The molecule has 8 heteroatoms. The van der Waals surface area contributed by atoms with Crippen LogP contribution in [0.3, 0.4) is 0 Å². The van der Waals surface area contributed by atoms with Crippen molar-refractivity contribution < 1.29 is 14.7 Å². The Balaban J connectivity index is 1.53. The first kappa shape index (κ1) is 17.5. The molecule has 5 nitrogen and oxygen atoms in total. The molecule has 4 atom stereocenters. The number of aromatic nitrogens is 1. The Morgan fingerprint density at radius 1 is 1.19 bits per heavy atom. The standard InChI is InChI=1S/C18H14Cl2N2O3S/c19-10-3-4-11(12(20)6-10)13-7-26-18(21-13)22-16(23)14-8-1-2-9(5-8)15(14)17(24)25/h1-4,6-9,14-15H,5H2,(H,24,25)(H,21,22,23)/t8-,9+,14+,15+/m1/s1. The molecule has 134 valence electrons. The molecule has 1 aromatic heterocycles. The summed E-state index contributed by atoms with van der Waals surface area (Å²) in [6.45, 7) is 0. The van der Waals surface area contributed by atoms with E-state index in [1.807, 2.05) is 12.2 Å². The molecule has 1 saturated carbocycles. The second-order valence-electron chi connectivity index (χ2n) is 6.49. The molecule has 0 saturated heterocycles. The number of anilines is 1. The van der Waals surface area contributed by atoms with Crippen molar-refractivity contribution in [2.24, 2.45) is 23.7 Å². The van der Waals surface area contributed by atoms with E-state index in [9.17, 15) is 14.7 Å². The fourth-order valence-electron chi connectivity index (χ4n) is 3.86. The maximum atomic E-state index is 12.7. The fraction of sp³-hybridized carbons (Fsp3) is 0.278. The van der Waals surface area contributed by atoms with E-state index in [0.29, 0.717) is 20.9 Å². The van der Waals surface area contributed by atoms with Crippen molar-refractivity contribution in [2.45, 2.75) is 6.42 Å². The molecular formula is C18H14Cl2N2O3S. The maximum absolute atomic E-state index is 12.7. The molecule has 0 unspecified atom stereocenters. The highest BCUT2D eigenvalue weighted by atomic mass is 35.5. The Kier molecular flexibility index (Phi) is 4.50. The van der Waals surface area contributed by atoms with E-state index in [1.54, 1.807) is 23.6 Å². The number of aliphatic carboxylic acids is 1. The minimum Gasteiger partial charge on any atom is -0.481 e. The van der Waals surface area contributed by atoms with Gasteiger partial charge in [0.1, 0.15) is 0 Å². The molecule has 2 aliphatic carbocycles. The topological polar surface area (TPSA) is 79.3 Å². The molecule has 1 heterocycles. The van der Waals surface area contributed by atoms with Crippen LogP contribution < -0.4 is 5.32 Å². The molecule has 1 amide bonds. The number of nitrogens with one attached hydrogen (secondary N) is 1. The average molecular weight is 409 g/mol. The van der Waals surface area contributed by atoms with E-state index < -0.39 is 17.8 Å². The Bertz CT molecular complexity index is 927. The largest absolute Gasteiger partial charge is 0.481 e. The van der Waals surface area contributed by atoms with Crippen molar-refractivity contribution in [3.05, 3.63) is 45.8 Å². The lowest BCUT2D eigenvalue weighted by Gasteiger charge is -2.23. The summed E-state index contributed by atoms with van der Waals surface area (Å²) in [6, 6.07) is 5.13. The third-order valence-electron chi connectivity index (χ3n) is 4.99. The average Bonchev–Trinajstić information content (AvgIpc) is 3.29. The number of benzene rings is 1. The number of allylic oxidation sites excluding steroid dienone is 2. The molecule has 26 heavy (non-hydrogen) atoms. The van der Waals surface area contributed by atoms with Gasteiger partial charge in [-0.1, -0.05) is 35.4 Å². The van der Waals surface area contributed by atoms with E-state index in [-0.39, 0.29) is 17.7 Å². The number of carbonyl (C=O) groups is 2. The predicted octanol–water partition coefficient (Wildman–Crippen LogP) is 4.58. The van der Waals surface area contributed by atoms with Crippen LogP contribution in [0.2, 0.25) is 10.0 Å². The number of carboxylic acid groups (broad SMARTS) is 1. The number of amides is 1. The predicted molar refractivity (Wildman–Crippen MR) is 102 cm³/mol. The van der Waals surface area contributed by atoms with E-state index in [2.05, 4.69) is 10.3 Å². The van der Waals surface area contributed by atoms with Gasteiger partial charge in [0, 0.05) is 16.0 Å². The van der Waals surface area contributed by atoms with Gasteiger partial charge in [0.05, 0.1) is 22.6 Å². The summed E-state index contributed by atoms with van der Waals surface area (Å²) in [5, 5.41) is 15.5. The fourth-order valence-corrected chi connectivity index (χ4v) is 5.08. The summed E-state index contributed by atoms with van der Waals surface area (Å²) in [4.78, 5) is 28.7. The number of carboxylic acids is 1. The summed E-state index contributed by atoms with van der Waals surface area (Å²) in [6.07, 6.45) is 4.59. The number of carbonyl (C=O) groups excluding carboxylic acids is 1. The first-order valence-electron chi connectivity index (χ1n) is 8.07. The van der Waals surface area contributed by atoms with Gasteiger partial charge in [-0.2, -0.15) is 0 Å². The number of nitrogens with zero attached hydrogens (tertiary/aromatic N) is 1. The molecular weight excluding hydrogens is 395 g/mol.